The molecule has 0 aliphatic rings. The van der Waals surface area contributed by atoms with Gasteiger partial charge in [-0.1, -0.05) is 17.7 Å². The molecule has 0 aliphatic carbocycles. The lowest BCUT2D eigenvalue weighted by Gasteiger charge is -2.10. The Morgan fingerprint density at radius 2 is 2.17 bits per heavy atom. The highest BCUT2D eigenvalue weighted by atomic mass is 79.9. The minimum atomic E-state index is 0.360. The zero-order valence-electron chi connectivity index (χ0n) is 7.07. The number of benzene rings is 1. The van der Waals surface area contributed by atoms with Gasteiger partial charge in [-0.15, -0.1) is 0 Å². The van der Waals surface area contributed by atoms with Gasteiger partial charge in [0.1, 0.15) is 0 Å². The third kappa shape index (κ3) is 2.22. The highest BCUT2D eigenvalue weighted by molar-refractivity contribution is 9.10. The summed E-state index contributed by atoms with van der Waals surface area (Å²) in [7, 11) is 1.94. The topological polar surface area (TPSA) is 12.0 Å². The molecule has 0 spiro atoms. The van der Waals surface area contributed by atoms with Crippen LogP contribution in [0.5, 0.6) is 0 Å². The van der Waals surface area contributed by atoms with E-state index in [1.807, 2.05) is 25.2 Å². The van der Waals surface area contributed by atoms with Crippen LogP contribution < -0.4 is 5.32 Å². The first-order chi connectivity index (χ1) is 5.65. The predicted molar refractivity (Wildman–Crippen MR) is 56.6 cm³/mol. The van der Waals surface area contributed by atoms with Crippen LogP contribution in [-0.2, 0) is 0 Å². The van der Waals surface area contributed by atoms with Crippen LogP contribution in [0, 0.1) is 0 Å². The molecule has 0 heterocycles. The lowest BCUT2D eigenvalue weighted by atomic mass is 10.1. The van der Waals surface area contributed by atoms with Crippen molar-refractivity contribution in [2.45, 2.75) is 13.0 Å². The maximum Gasteiger partial charge on any atom is 0.0548 e. The number of rotatable bonds is 2. The van der Waals surface area contributed by atoms with Crippen LogP contribution >= 0.6 is 27.5 Å². The maximum absolute atomic E-state index is 5.86. The Morgan fingerprint density at radius 1 is 1.50 bits per heavy atom. The van der Waals surface area contributed by atoms with Gasteiger partial charge in [-0.3, -0.25) is 0 Å². The van der Waals surface area contributed by atoms with E-state index in [1.54, 1.807) is 0 Å². The van der Waals surface area contributed by atoms with Crippen molar-refractivity contribution in [3.8, 4) is 0 Å². The largest absolute Gasteiger partial charge is 0.313 e. The lowest BCUT2D eigenvalue weighted by molar-refractivity contribution is 0.652. The second-order valence-electron chi connectivity index (χ2n) is 2.68. The molecule has 1 atom stereocenters. The molecule has 1 nitrogen and oxygen atoms in total. The second-order valence-corrected chi connectivity index (χ2v) is 3.95. The fraction of sp³-hybridized carbons (Fsp3) is 0.333. The Balaban J connectivity index is 2.96. The zero-order chi connectivity index (χ0) is 9.14. The highest BCUT2D eigenvalue weighted by Crippen LogP contribution is 2.25. The summed E-state index contributed by atoms with van der Waals surface area (Å²) in [5.41, 5.74) is 1.23. The van der Waals surface area contributed by atoms with Gasteiger partial charge in [-0.05, 0) is 47.6 Å². The van der Waals surface area contributed by atoms with Crippen LogP contribution in [-0.4, -0.2) is 7.05 Å². The fourth-order valence-electron chi connectivity index (χ4n) is 0.948. The normalized spacial score (nSPS) is 13.0. The van der Waals surface area contributed by atoms with Gasteiger partial charge >= 0.3 is 0 Å². The Labute approximate surface area is 86.2 Å². The second kappa shape index (κ2) is 4.26. The maximum atomic E-state index is 5.86. The first-order valence-electron chi connectivity index (χ1n) is 3.77. The minimum Gasteiger partial charge on any atom is -0.313 e. The van der Waals surface area contributed by atoms with Crippen LogP contribution in [0.15, 0.2) is 22.7 Å². The molecular formula is C9H11BrClN. The molecule has 0 saturated heterocycles. The summed E-state index contributed by atoms with van der Waals surface area (Å²) in [6, 6.07) is 6.31. The van der Waals surface area contributed by atoms with Gasteiger partial charge < -0.3 is 5.32 Å². The van der Waals surface area contributed by atoms with Crippen molar-refractivity contribution in [2.24, 2.45) is 0 Å². The van der Waals surface area contributed by atoms with Crippen molar-refractivity contribution >= 4 is 27.5 Å². The molecule has 66 valence electrons. The van der Waals surface area contributed by atoms with Gasteiger partial charge in [0.2, 0.25) is 0 Å². The number of hydrogen-bond donors (Lipinski definition) is 1. The monoisotopic (exact) mass is 247 g/mol. The third-order valence-corrected chi connectivity index (χ3v) is 3.09. The summed E-state index contributed by atoms with van der Waals surface area (Å²) in [4.78, 5) is 0. The molecule has 0 amide bonds. The average molecular weight is 249 g/mol. The van der Waals surface area contributed by atoms with E-state index >= 15 is 0 Å². The van der Waals surface area contributed by atoms with Crippen molar-refractivity contribution in [2.75, 3.05) is 7.05 Å². The standard InChI is InChI=1S/C9H11BrClN/c1-6(12-2)7-3-4-9(11)8(10)5-7/h3-6,12H,1-2H3. The summed E-state index contributed by atoms with van der Waals surface area (Å²) >= 11 is 9.25. The highest BCUT2D eigenvalue weighted by Gasteiger charge is 2.04. The van der Waals surface area contributed by atoms with Crippen molar-refractivity contribution in [1.29, 1.82) is 0 Å². The first-order valence-corrected chi connectivity index (χ1v) is 4.94. The van der Waals surface area contributed by atoms with Gasteiger partial charge in [0.25, 0.3) is 0 Å². The Bertz CT molecular complexity index is 275. The number of nitrogens with one attached hydrogen (secondary N) is 1. The molecule has 0 fully saturated rings. The van der Waals surface area contributed by atoms with E-state index in [-0.39, 0.29) is 0 Å². The molecule has 1 aromatic carbocycles. The third-order valence-electron chi connectivity index (χ3n) is 1.88. The first kappa shape index (κ1) is 10.0. The molecule has 12 heavy (non-hydrogen) atoms. The molecule has 0 saturated carbocycles. The van der Waals surface area contributed by atoms with E-state index in [0.717, 1.165) is 9.50 Å². The predicted octanol–water partition coefficient (Wildman–Crippen LogP) is 3.38. The molecule has 0 radical (unpaired) electrons. The van der Waals surface area contributed by atoms with Gasteiger partial charge in [0, 0.05) is 10.5 Å². The van der Waals surface area contributed by atoms with Crippen molar-refractivity contribution in [3.63, 3.8) is 0 Å². The van der Waals surface area contributed by atoms with Crippen LogP contribution in [0.25, 0.3) is 0 Å². The zero-order valence-corrected chi connectivity index (χ0v) is 9.41. The Kier molecular flexibility index (Phi) is 3.56. The summed E-state index contributed by atoms with van der Waals surface area (Å²) in [5.74, 6) is 0. The number of halogens is 2. The minimum absolute atomic E-state index is 0.360. The van der Waals surface area contributed by atoms with Crippen LogP contribution in [0.1, 0.15) is 18.5 Å². The van der Waals surface area contributed by atoms with Gasteiger partial charge in [-0.2, -0.15) is 0 Å². The molecule has 0 bridgehead atoms. The molecule has 0 aliphatic heterocycles. The fourth-order valence-corrected chi connectivity index (χ4v) is 1.46. The summed E-state index contributed by atoms with van der Waals surface area (Å²) in [5, 5.41) is 3.92. The van der Waals surface area contributed by atoms with Crippen molar-refractivity contribution in [3.05, 3.63) is 33.3 Å². The molecular weight excluding hydrogens is 237 g/mol. The summed E-state index contributed by atoms with van der Waals surface area (Å²) in [6.07, 6.45) is 0. The molecule has 1 unspecified atom stereocenters. The van der Waals surface area contributed by atoms with Crippen LogP contribution in [0.4, 0.5) is 0 Å². The Morgan fingerprint density at radius 3 is 2.67 bits per heavy atom. The van der Waals surface area contributed by atoms with Crippen LogP contribution in [0.3, 0.4) is 0 Å². The van der Waals surface area contributed by atoms with E-state index in [9.17, 15) is 0 Å². The molecule has 0 aromatic heterocycles. The van der Waals surface area contributed by atoms with Crippen LogP contribution in [0.2, 0.25) is 5.02 Å². The van der Waals surface area contributed by atoms with Crippen molar-refractivity contribution < 1.29 is 0 Å². The van der Waals surface area contributed by atoms with Gasteiger partial charge in [0.05, 0.1) is 5.02 Å². The average Bonchev–Trinajstić information content (AvgIpc) is 2.08. The van der Waals surface area contributed by atoms with E-state index in [1.165, 1.54) is 5.56 Å². The summed E-state index contributed by atoms with van der Waals surface area (Å²) < 4.78 is 0.948. The molecule has 3 heteroatoms. The quantitative estimate of drug-likeness (QED) is 0.846. The van der Waals surface area contributed by atoms with E-state index in [0.29, 0.717) is 6.04 Å². The number of hydrogen-bond acceptors (Lipinski definition) is 1. The van der Waals surface area contributed by atoms with E-state index < -0.39 is 0 Å². The smallest absolute Gasteiger partial charge is 0.0548 e. The van der Waals surface area contributed by atoms with Crippen molar-refractivity contribution in [1.82, 2.24) is 5.32 Å². The van der Waals surface area contributed by atoms with E-state index in [2.05, 4.69) is 28.2 Å². The molecule has 1 rings (SSSR count). The van der Waals surface area contributed by atoms with E-state index in [4.69, 9.17) is 11.6 Å². The summed E-state index contributed by atoms with van der Waals surface area (Å²) in [6.45, 7) is 2.11. The lowest BCUT2D eigenvalue weighted by Crippen LogP contribution is -2.11. The van der Waals surface area contributed by atoms with Gasteiger partial charge in [-0.25, -0.2) is 0 Å². The molecule has 1 N–H and O–H groups in total. The van der Waals surface area contributed by atoms with Gasteiger partial charge in [0.15, 0.2) is 0 Å². The SMILES string of the molecule is CNC(C)c1ccc(Cl)c(Br)c1. The Hall–Kier alpha value is -0.0500. The molecule has 1 aromatic rings.